The Morgan fingerprint density at radius 3 is 2.31 bits per heavy atom. The van der Waals surface area contributed by atoms with Crippen molar-refractivity contribution in [3.63, 3.8) is 0 Å². The van der Waals surface area contributed by atoms with Gasteiger partial charge < -0.3 is 9.32 Å². The number of carbonyl (C=O) groups is 1. The SMILES string of the molecule is O=C(CCc1ncc(-c2ccccc2Cl)o1)N1CCN(S(=O)(=O)c2ccccc2Cl)CC1. The molecule has 0 unspecified atom stereocenters. The summed E-state index contributed by atoms with van der Waals surface area (Å²) in [6.45, 7) is 1.07. The lowest BCUT2D eigenvalue weighted by Gasteiger charge is -2.34. The highest BCUT2D eigenvalue weighted by molar-refractivity contribution is 7.89. The lowest BCUT2D eigenvalue weighted by molar-refractivity contribution is -0.132. The number of halogens is 2. The number of aromatic nitrogens is 1. The lowest BCUT2D eigenvalue weighted by Crippen LogP contribution is -2.50. The van der Waals surface area contributed by atoms with E-state index < -0.39 is 10.0 Å². The Bertz CT molecular complexity index is 1220. The number of sulfonamides is 1. The molecule has 2 heterocycles. The third-order valence-corrected chi connectivity index (χ3v) is 8.02. The molecule has 0 N–H and O–H groups in total. The van der Waals surface area contributed by atoms with Crippen molar-refractivity contribution in [2.75, 3.05) is 26.2 Å². The van der Waals surface area contributed by atoms with Crippen LogP contribution in [-0.4, -0.2) is 54.7 Å². The molecule has 0 spiro atoms. The van der Waals surface area contributed by atoms with Crippen molar-refractivity contribution in [3.05, 3.63) is 70.7 Å². The summed E-state index contributed by atoms with van der Waals surface area (Å²) in [7, 11) is -3.70. The van der Waals surface area contributed by atoms with Crippen molar-refractivity contribution in [1.29, 1.82) is 0 Å². The van der Waals surface area contributed by atoms with E-state index in [4.69, 9.17) is 27.6 Å². The Kier molecular flexibility index (Phi) is 6.85. The van der Waals surface area contributed by atoms with E-state index in [0.717, 1.165) is 5.56 Å². The smallest absolute Gasteiger partial charge is 0.244 e. The Labute approximate surface area is 196 Å². The van der Waals surface area contributed by atoms with Gasteiger partial charge in [-0.3, -0.25) is 4.79 Å². The van der Waals surface area contributed by atoms with Crippen LogP contribution in [0, 0.1) is 0 Å². The van der Waals surface area contributed by atoms with Gasteiger partial charge in [-0.05, 0) is 24.3 Å². The van der Waals surface area contributed by atoms with E-state index in [1.165, 1.54) is 10.4 Å². The molecule has 7 nitrogen and oxygen atoms in total. The molecule has 1 aromatic heterocycles. The zero-order chi connectivity index (χ0) is 22.7. The van der Waals surface area contributed by atoms with Crippen LogP contribution in [0.3, 0.4) is 0 Å². The maximum Gasteiger partial charge on any atom is 0.244 e. The molecule has 3 aromatic rings. The van der Waals surface area contributed by atoms with Crippen LogP contribution in [0.15, 0.2) is 64.0 Å². The van der Waals surface area contributed by atoms with Gasteiger partial charge in [-0.1, -0.05) is 47.5 Å². The lowest BCUT2D eigenvalue weighted by atomic mass is 10.2. The summed E-state index contributed by atoms with van der Waals surface area (Å²) in [6.07, 6.45) is 2.17. The number of rotatable bonds is 6. The first-order valence-corrected chi connectivity index (χ1v) is 12.3. The van der Waals surface area contributed by atoms with Gasteiger partial charge in [-0.15, -0.1) is 0 Å². The molecule has 1 amide bonds. The van der Waals surface area contributed by atoms with Crippen LogP contribution in [-0.2, 0) is 21.2 Å². The molecule has 168 valence electrons. The van der Waals surface area contributed by atoms with Crippen molar-refractivity contribution in [1.82, 2.24) is 14.2 Å². The van der Waals surface area contributed by atoms with Gasteiger partial charge >= 0.3 is 0 Å². The summed E-state index contributed by atoms with van der Waals surface area (Å²) in [4.78, 5) is 18.6. The Balaban J connectivity index is 1.32. The first-order chi connectivity index (χ1) is 15.4. The minimum atomic E-state index is -3.70. The van der Waals surface area contributed by atoms with Crippen LogP contribution in [0.2, 0.25) is 10.0 Å². The number of hydrogen-bond donors (Lipinski definition) is 0. The minimum absolute atomic E-state index is 0.0720. The topological polar surface area (TPSA) is 83.7 Å². The zero-order valence-electron chi connectivity index (χ0n) is 17.1. The van der Waals surface area contributed by atoms with Gasteiger partial charge in [0.15, 0.2) is 11.7 Å². The van der Waals surface area contributed by atoms with E-state index in [2.05, 4.69) is 4.98 Å². The molecule has 1 saturated heterocycles. The highest BCUT2D eigenvalue weighted by atomic mass is 35.5. The van der Waals surface area contributed by atoms with E-state index in [0.29, 0.717) is 36.2 Å². The first kappa shape index (κ1) is 22.8. The summed E-state index contributed by atoms with van der Waals surface area (Å²) in [5.74, 6) is 0.932. The van der Waals surface area contributed by atoms with Crippen molar-refractivity contribution >= 4 is 39.1 Å². The molecule has 2 aromatic carbocycles. The molecule has 10 heteroatoms. The molecule has 1 fully saturated rings. The maximum absolute atomic E-state index is 12.8. The second-order valence-corrected chi connectivity index (χ2v) is 10.0. The Hall–Kier alpha value is -2.39. The Morgan fingerprint density at radius 1 is 0.969 bits per heavy atom. The van der Waals surface area contributed by atoms with Gasteiger partial charge in [0, 0.05) is 44.6 Å². The van der Waals surface area contributed by atoms with E-state index >= 15 is 0 Å². The zero-order valence-corrected chi connectivity index (χ0v) is 19.4. The van der Waals surface area contributed by atoms with Crippen LogP contribution in [0.5, 0.6) is 0 Å². The average Bonchev–Trinajstić information content (AvgIpc) is 3.27. The Morgan fingerprint density at radius 2 is 1.62 bits per heavy atom. The van der Waals surface area contributed by atoms with Gasteiger partial charge in [0.1, 0.15) is 4.90 Å². The van der Waals surface area contributed by atoms with Crippen molar-refractivity contribution in [3.8, 4) is 11.3 Å². The number of carbonyl (C=O) groups excluding carboxylic acids is 1. The van der Waals surface area contributed by atoms with Gasteiger partial charge in [0.25, 0.3) is 0 Å². The van der Waals surface area contributed by atoms with Crippen LogP contribution >= 0.6 is 23.2 Å². The second kappa shape index (κ2) is 9.62. The number of benzene rings is 2. The summed E-state index contributed by atoms with van der Waals surface area (Å²) in [6, 6.07) is 13.7. The minimum Gasteiger partial charge on any atom is -0.441 e. The number of aryl methyl sites for hydroxylation is 1. The quantitative estimate of drug-likeness (QED) is 0.515. The maximum atomic E-state index is 12.8. The normalized spacial score (nSPS) is 15.1. The largest absolute Gasteiger partial charge is 0.441 e. The van der Waals surface area contributed by atoms with Crippen molar-refractivity contribution in [2.24, 2.45) is 0 Å². The van der Waals surface area contributed by atoms with Gasteiger partial charge in [0.2, 0.25) is 15.9 Å². The predicted molar refractivity (Wildman–Crippen MR) is 122 cm³/mol. The van der Waals surface area contributed by atoms with Gasteiger partial charge in [-0.25, -0.2) is 13.4 Å². The third-order valence-electron chi connectivity index (χ3n) is 5.29. The van der Waals surface area contributed by atoms with Crippen LogP contribution < -0.4 is 0 Å². The molecular formula is C22H21Cl2N3O4S. The monoisotopic (exact) mass is 493 g/mol. The fourth-order valence-corrected chi connectivity index (χ4v) is 5.70. The molecule has 0 saturated carbocycles. The summed E-state index contributed by atoms with van der Waals surface area (Å²) in [5, 5.41) is 0.754. The fourth-order valence-electron chi connectivity index (χ4n) is 3.55. The van der Waals surface area contributed by atoms with Crippen LogP contribution in [0.1, 0.15) is 12.3 Å². The summed E-state index contributed by atoms with van der Waals surface area (Å²) < 4.78 is 32.8. The number of hydrogen-bond acceptors (Lipinski definition) is 5. The molecule has 0 bridgehead atoms. The van der Waals surface area contributed by atoms with Crippen molar-refractivity contribution < 1.29 is 17.6 Å². The highest BCUT2D eigenvalue weighted by Crippen LogP contribution is 2.28. The van der Waals surface area contributed by atoms with Crippen LogP contribution in [0.25, 0.3) is 11.3 Å². The number of piperazine rings is 1. The molecular weight excluding hydrogens is 473 g/mol. The summed E-state index contributed by atoms with van der Waals surface area (Å²) in [5.41, 5.74) is 0.745. The first-order valence-electron chi connectivity index (χ1n) is 10.1. The molecule has 1 aliphatic heterocycles. The van der Waals surface area contributed by atoms with E-state index in [9.17, 15) is 13.2 Å². The van der Waals surface area contributed by atoms with Crippen LogP contribution in [0.4, 0.5) is 0 Å². The van der Waals surface area contributed by atoms with Crippen molar-refractivity contribution in [2.45, 2.75) is 17.7 Å². The molecule has 1 aliphatic rings. The van der Waals surface area contributed by atoms with E-state index in [-0.39, 0.29) is 35.3 Å². The third kappa shape index (κ3) is 4.83. The van der Waals surface area contributed by atoms with Gasteiger partial charge in [0.05, 0.1) is 16.2 Å². The second-order valence-electron chi connectivity index (χ2n) is 7.31. The summed E-state index contributed by atoms with van der Waals surface area (Å²) >= 11 is 12.2. The number of oxazole rings is 1. The highest BCUT2D eigenvalue weighted by Gasteiger charge is 2.31. The molecule has 0 radical (unpaired) electrons. The molecule has 4 rings (SSSR count). The number of nitrogens with zero attached hydrogens (tertiary/aromatic N) is 3. The molecule has 32 heavy (non-hydrogen) atoms. The fraction of sp³-hybridized carbons (Fsp3) is 0.273. The van der Waals surface area contributed by atoms with Gasteiger partial charge in [-0.2, -0.15) is 4.31 Å². The van der Waals surface area contributed by atoms with E-state index in [1.54, 1.807) is 35.4 Å². The van der Waals surface area contributed by atoms with E-state index in [1.807, 2.05) is 18.2 Å². The number of amides is 1. The predicted octanol–water partition coefficient (Wildman–Crippen LogP) is 4.11. The molecule has 0 atom stereocenters. The molecule has 0 aliphatic carbocycles. The average molecular weight is 494 g/mol. The standard InChI is InChI=1S/C22H21Cl2N3O4S/c23-17-6-2-1-5-16(17)19-15-25-21(31-19)9-10-22(28)26-11-13-27(14-12-26)32(29,30)20-8-4-3-7-18(20)24/h1-8,15H,9-14H2.